The van der Waals surface area contributed by atoms with Crippen LogP contribution in [0.25, 0.3) is 0 Å². The highest BCUT2D eigenvalue weighted by Crippen LogP contribution is 2.60. The van der Waals surface area contributed by atoms with E-state index in [-0.39, 0.29) is 42.3 Å². The maximum Gasteiger partial charge on any atom is 0.264 e. The predicted octanol–water partition coefficient (Wildman–Crippen LogP) is 4.02. The molecule has 3 aliphatic heterocycles. The summed E-state index contributed by atoms with van der Waals surface area (Å²) in [6.45, 7) is 7.37. The number of hydrogen-bond acceptors (Lipinski definition) is 5. The summed E-state index contributed by atoms with van der Waals surface area (Å²) >= 11 is 3.60. The van der Waals surface area contributed by atoms with Crippen molar-refractivity contribution in [2.24, 2.45) is 5.92 Å². The van der Waals surface area contributed by atoms with Gasteiger partial charge in [-0.05, 0) is 48.7 Å². The Kier molecular flexibility index (Phi) is 7.26. The zero-order chi connectivity index (χ0) is 27.4. The summed E-state index contributed by atoms with van der Waals surface area (Å²) in [6, 6.07) is 14.0. The highest BCUT2D eigenvalue weighted by atomic mass is 79.9. The first-order chi connectivity index (χ1) is 18.1. The maximum atomic E-state index is 14.0. The third-order valence-electron chi connectivity index (χ3n) is 9.21. The number of benzene rings is 2. The predicted molar refractivity (Wildman–Crippen MR) is 154 cm³/mol. The van der Waals surface area contributed by atoms with E-state index in [1.54, 1.807) is 19.1 Å². The molecular formula is C29H37BrN2O5Si. The summed E-state index contributed by atoms with van der Waals surface area (Å²) in [5.74, 6) is 0.565. The highest BCUT2D eigenvalue weighted by Gasteiger charge is 2.66. The second-order valence-corrected chi connectivity index (χ2v) is 17.1. The molecule has 3 heterocycles. The van der Waals surface area contributed by atoms with Gasteiger partial charge in [-0.1, -0.05) is 53.3 Å². The molecule has 2 saturated heterocycles. The summed E-state index contributed by atoms with van der Waals surface area (Å²) < 4.78 is 13.2. The van der Waals surface area contributed by atoms with Gasteiger partial charge in [-0.15, -0.1) is 0 Å². The number of ether oxygens (including phenoxy) is 2. The van der Waals surface area contributed by atoms with E-state index in [0.29, 0.717) is 6.54 Å². The SMILES string of the molecule is COc1ccc([Si](C)(C)[C@H]2[C@H](CC(=O)N3CCC[C@H]3CO)O[C@@]3(C(=O)N(C)c4ccc(Br)cc43)[C@@H]2C)cc1. The van der Waals surface area contributed by atoms with Gasteiger partial charge in [-0.3, -0.25) is 9.59 Å². The van der Waals surface area contributed by atoms with Crippen LogP contribution < -0.4 is 14.8 Å². The van der Waals surface area contributed by atoms with Gasteiger partial charge in [0.2, 0.25) is 5.91 Å². The molecule has 0 aromatic heterocycles. The first-order valence-electron chi connectivity index (χ1n) is 13.4. The number of aliphatic hydroxyl groups excluding tert-OH is 1. The molecule has 2 aromatic rings. The van der Waals surface area contributed by atoms with E-state index < -0.39 is 19.8 Å². The quantitative estimate of drug-likeness (QED) is 0.507. The van der Waals surface area contributed by atoms with Gasteiger partial charge >= 0.3 is 0 Å². The van der Waals surface area contributed by atoms with Crippen LogP contribution in [0.5, 0.6) is 5.75 Å². The van der Waals surface area contributed by atoms with E-state index in [9.17, 15) is 14.7 Å². The van der Waals surface area contributed by atoms with Crippen molar-refractivity contribution in [3.63, 3.8) is 0 Å². The fourth-order valence-corrected chi connectivity index (χ4v) is 11.6. The third-order valence-corrected chi connectivity index (χ3v) is 14.1. The average Bonchev–Trinajstić information content (AvgIpc) is 3.55. The maximum absolute atomic E-state index is 14.0. The van der Waals surface area contributed by atoms with Crippen LogP contribution in [0, 0.1) is 5.92 Å². The van der Waals surface area contributed by atoms with Crippen molar-refractivity contribution in [3.05, 3.63) is 52.5 Å². The fourth-order valence-electron chi connectivity index (χ4n) is 7.23. The molecule has 2 fully saturated rings. The fraction of sp³-hybridized carbons (Fsp3) is 0.517. The van der Waals surface area contributed by atoms with E-state index in [1.165, 1.54) is 5.19 Å². The van der Waals surface area contributed by atoms with Crippen LogP contribution in [0.4, 0.5) is 5.69 Å². The van der Waals surface area contributed by atoms with E-state index in [2.05, 4.69) is 48.1 Å². The van der Waals surface area contributed by atoms with Gasteiger partial charge in [0.1, 0.15) is 5.75 Å². The minimum atomic E-state index is -2.30. The van der Waals surface area contributed by atoms with Crippen LogP contribution in [0.15, 0.2) is 46.9 Å². The molecule has 38 heavy (non-hydrogen) atoms. The highest BCUT2D eigenvalue weighted by molar-refractivity contribution is 9.10. The number of carbonyl (C=O) groups is 2. The van der Waals surface area contributed by atoms with Crippen LogP contribution in [0.1, 0.15) is 31.7 Å². The lowest BCUT2D eigenvalue weighted by molar-refractivity contribution is -0.149. The minimum absolute atomic E-state index is 0.00249. The first kappa shape index (κ1) is 27.4. The van der Waals surface area contributed by atoms with E-state index in [4.69, 9.17) is 9.47 Å². The van der Waals surface area contributed by atoms with Crippen molar-refractivity contribution < 1.29 is 24.2 Å². The normalized spacial score (nSPS) is 28.9. The molecule has 5 rings (SSSR count). The van der Waals surface area contributed by atoms with Crippen LogP contribution >= 0.6 is 15.9 Å². The van der Waals surface area contributed by atoms with Crippen LogP contribution in [-0.2, 0) is 19.9 Å². The molecule has 7 nitrogen and oxygen atoms in total. The largest absolute Gasteiger partial charge is 0.497 e. The summed E-state index contributed by atoms with van der Waals surface area (Å²) in [5, 5.41) is 11.1. The number of hydrogen-bond donors (Lipinski definition) is 1. The van der Waals surface area contributed by atoms with Gasteiger partial charge < -0.3 is 24.4 Å². The van der Waals surface area contributed by atoms with Gasteiger partial charge in [0.15, 0.2) is 5.60 Å². The smallest absolute Gasteiger partial charge is 0.264 e. The van der Waals surface area contributed by atoms with E-state index in [0.717, 1.165) is 34.3 Å². The van der Waals surface area contributed by atoms with Crippen molar-refractivity contribution in [2.75, 3.05) is 32.2 Å². The van der Waals surface area contributed by atoms with Crippen molar-refractivity contribution in [1.29, 1.82) is 0 Å². The van der Waals surface area contributed by atoms with Crippen LogP contribution in [-0.4, -0.2) is 69.3 Å². The number of anilines is 1. The molecule has 0 aliphatic carbocycles. The standard InChI is InChI=1S/C29H37BrN2O5Si/c1-18-27(38(4,5)22-11-9-21(36-3)10-12-22)25(16-26(34)32-14-6-7-20(32)17-33)37-29(18)23-15-19(30)8-13-24(23)31(2)28(29)35/h8-13,15,18,20,25,27,33H,6-7,14,16-17H2,1-5H3/t18-,20+,25+,27-,29+/m1/s1. The summed E-state index contributed by atoms with van der Waals surface area (Å²) in [6.07, 6.45) is 1.47. The summed E-state index contributed by atoms with van der Waals surface area (Å²) in [5.41, 5.74) is 0.555. The number of rotatable bonds is 6. The Morgan fingerprint density at radius 1 is 1.24 bits per heavy atom. The Morgan fingerprint density at radius 3 is 2.61 bits per heavy atom. The molecule has 2 aromatic carbocycles. The third kappa shape index (κ3) is 4.13. The molecule has 0 radical (unpaired) electrons. The zero-order valence-electron chi connectivity index (χ0n) is 22.7. The average molecular weight is 602 g/mol. The number of likely N-dealkylation sites (N-methyl/N-ethyl adjacent to an activating group) is 1. The molecule has 0 bridgehead atoms. The number of halogens is 1. The van der Waals surface area contributed by atoms with Gasteiger partial charge in [0.05, 0.1) is 46.0 Å². The number of aliphatic hydroxyl groups is 1. The lowest BCUT2D eigenvalue weighted by Crippen LogP contribution is -2.52. The monoisotopic (exact) mass is 600 g/mol. The van der Waals surface area contributed by atoms with E-state index >= 15 is 0 Å². The molecule has 9 heteroatoms. The second kappa shape index (κ2) is 10.1. The van der Waals surface area contributed by atoms with Crippen molar-refractivity contribution in [1.82, 2.24) is 4.90 Å². The Hall–Kier alpha value is -2.20. The van der Waals surface area contributed by atoms with Gasteiger partial charge in [0.25, 0.3) is 5.91 Å². The Labute approximate surface area is 234 Å². The topological polar surface area (TPSA) is 79.3 Å². The second-order valence-electron chi connectivity index (χ2n) is 11.5. The molecule has 3 aliphatic rings. The van der Waals surface area contributed by atoms with Crippen molar-refractivity contribution in [2.45, 2.75) is 62.6 Å². The number of carbonyl (C=O) groups excluding carboxylic acids is 2. The number of amides is 2. The molecule has 1 spiro atoms. The molecule has 0 unspecified atom stereocenters. The Bertz CT molecular complexity index is 1240. The van der Waals surface area contributed by atoms with Crippen molar-refractivity contribution >= 4 is 46.7 Å². The Balaban J connectivity index is 1.59. The van der Waals surface area contributed by atoms with Crippen LogP contribution in [0.2, 0.25) is 18.6 Å². The molecule has 1 N–H and O–H groups in total. The minimum Gasteiger partial charge on any atom is -0.497 e. The van der Waals surface area contributed by atoms with E-state index in [1.807, 2.05) is 35.2 Å². The molecular weight excluding hydrogens is 564 g/mol. The molecule has 2 amide bonds. The number of fused-ring (bicyclic) bond motifs is 2. The van der Waals surface area contributed by atoms with Gasteiger partial charge in [-0.25, -0.2) is 0 Å². The number of nitrogens with zero attached hydrogens (tertiary/aromatic N) is 2. The zero-order valence-corrected chi connectivity index (χ0v) is 25.3. The molecule has 5 atom stereocenters. The lowest BCUT2D eigenvalue weighted by atomic mass is 9.82. The summed E-state index contributed by atoms with van der Waals surface area (Å²) in [4.78, 5) is 31.2. The van der Waals surface area contributed by atoms with Gasteiger partial charge in [-0.2, -0.15) is 0 Å². The van der Waals surface area contributed by atoms with Gasteiger partial charge in [0, 0.05) is 29.5 Å². The summed E-state index contributed by atoms with van der Waals surface area (Å²) in [7, 11) is 1.16. The lowest BCUT2D eigenvalue weighted by Gasteiger charge is -2.37. The first-order valence-corrected chi connectivity index (χ1v) is 17.2. The van der Waals surface area contributed by atoms with Crippen LogP contribution in [0.3, 0.4) is 0 Å². The number of methoxy groups -OCH3 is 1. The Morgan fingerprint density at radius 2 is 1.95 bits per heavy atom. The molecule has 204 valence electrons. The molecule has 0 saturated carbocycles. The van der Waals surface area contributed by atoms with Crippen molar-refractivity contribution in [3.8, 4) is 5.75 Å². The number of likely N-dealkylation sites (tertiary alicyclic amines) is 1.